The summed E-state index contributed by atoms with van der Waals surface area (Å²) >= 11 is 0. The summed E-state index contributed by atoms with van der Waals surface area (Å²) < 4.78 is 0. The zero-order valence-corrected chi connectivity index (χ0v) is 13.2. The van der Waals surface area contributed by atoms with Crippen molar-refractivity contribution in [2.45, 2.75) is 39.0 Å². The number of aliphatic carboxylic acids is 1. The van der Waals surface area contributed by atoms with Crippen molar-refractivity contribution in [2.75, 3.05) is 0 Å². The minimum atomic E-state index is -0.715. The molecule has 3 aromatic rings. The van der Waals surface area contributed by atoms with Crippen LogP contribution in [-0.4, -0.2) is 21.0 Å². The van der Waals surface area contributed by atoms with E-state index in [0.717, 1.165) is 47.5 Å². The Bertz CT molecular complexity index is 858. The van der Waals surface area contributed by atoms with E-state index in [1.54, 1.807) is 0 Å². The lowest BCUT2D eigenvalue weighted by Crippen LogP contribution is -1.95. The predicted molar refractivity (Wildman–Crippen MR) is 91.6 cm³/mol. The van der Waals surface area contributed by atoms with E-state index in [9.17, 15) is 4.79 Å². The molecule has 3 rings (SSSR count). The highest BCUT2D eigenvalue weighted by atomic mass is 16.4. The van der Waals surface area contributed by atoms with Crippen molar-refractivity contribution < 1.29 is 9.90 Å². The molecule has 0 amide bonds. The molecule has 0 aliphatic carbocycles. The third kappa shape index (κ3) is 3.31. The molecule has 0 aliphatic rings. The normalized spacial score (nSPS) is 11.2. The molecule has 0 aliphatic heterocycles. The van der Waals surface area contributed by atoms with Crippen molar-refractivity contribution in [3.8, 4) is 0 Å². The zero-order chi connectivity index (χ0) is 16.2. The van der Waals surface area contributed by atoms with E-state index in [-0.39, 0.29) is 6.42 Å². The number of nitrogens with zero attached hydrogens (tertiary/aromatic N) is 2. The van der Waals surface area contributed by atoms with Gasteiger partial charge in [-0.25, -0.2) is 0 Å². The quantitative estimate of drug-likeness (QED) is 0.545. The third-order valence-corrected chi connectivity index (χ3v) is 4.27. The monoisotopic (exact) mass is 308 g/mol. The van der Waals surface area contributed by atoms with Gasteiger partial charge in [-0.3, -0.25) is 14.8 Å². The van der Waals surface area contributed by atoms with Gasteiger partial charge in [0.2, 0.25) is 0 Å². The maximum atomic E-state index is 10.5. The van der Waals surface area contributed by atoms with E-state index < -0.39 is 5.97 Å². The number of hydrogen-bond acceptors (Lipinski definition) is 3. The summed E-state index contributed by atoms with van der Waals surface area (Å²) in [5.74, 6) is -0.715. The van der Waals surface area contributed by atoms with Gasteiger partial charge < -0.3 is 5.11 Å². The van der Waals surface area contributed by atoms with Crippen LogP contribution in [0, 0.1) is 6.92 Å². The standard InChI is InChI=1S/C19H20N2O2/c1-13-9-11-20-18-15(13)7-8-16-14(10-12-21-19(16)18)5-3-2-4-6-17(22)23/h7-12H,2-6H2,1H3,(H,22,23). The summed E-state index contributed by atoms with van der Waals surface area (Å²) in [5.41, 5.74) is 4.37. The Morgan fingerprint density at radius 1 is 0.957 bits per heavy atom. The number of benzene rings is 1. The Hall–Kier alpha value is -2.49. The first-order chi connectivity index (χ1) is 11.2. The molecule has 1 aromatic carbocycles. The van der Waals surface area contributed by atoms with E-state index in [2.05, 4.69) is 35.1 Å². The van der Waals surface area contributed by atoms with Crippen LogP contribution in [0.2, 0.25) is 0 Å². The summed E-state index contributed by atoms with van der Waals surface area (Å²) in [6.07, 6.45) is 7.53. The van der Waals surface area contributed by atoms with E-state index in [1.165, 1.54) is 11.1 Å². The predicted octanol–water partition coefficient (Wildman–Crippen LogP) is 4.28. The smallest absolute Gasteiger partial charge is 0.303 e. The van der Waals surface area contributed by atoms with Gasteiger partial charge in [0, 0.05) is 29.6 Å². The fourth-order valence-corrected chi connectivity index (χ4v) is 3.01. The van der Waals surface area contributed by atoms with Crippen LogP contribution >= 0.6 is 0 Å². The summed E-state index contributed by atoms with van der Waals surface area (Å²) in [4.78, 5) is 19.6. The molecular formula is C19H20N2O2. The number of aryl methyl sites for hydroxylation is 2. The van der Waals surface area contributed by atoms with Crippen molar-refractivity contribution in [1.29, 1.82) is 0 Å². The lowest BCUT2D eigenvalue weighted by atomic mass is 10.00. The van der Waals surface area contributed by atoms with Gasteiger partial charge in [-0.1, -0.05) is 18.6 Å². The van der Waals surface area contributed by atoms with Crippen LogP contribution in [0.1, 0.15) is 36.8 Å². The first-order valence-corrected chi connectivity index (χ1v) is 8.00. The molecule has 118 valence electrons. The second-order valence-corrected chi connectivity index (χ2v) is 5.91. The lowest BCUT2D eigenvalue weighted by molar-refractivity contribution is -0.137. The molecule has 0 saturated carbocycles. The Balaban J connectivity index is 1.86. The molecule has 0 bridgehead atoms. The van der Waals surface area contributed by atoms with Crippen LogP contribution in [0.4, 0.5) is 0 Å². The molecule has 2 heterocycles. The average Bonchev–Trinajstić information content (AvgIpc) is 2.54. The molecule has 0 atom stereocenters. The molecule has 2 aromatic heterocycles. The molecule has 23 heavy (non-hydrogen) atoms. The Kier molecular flexibility index (Phi) is 4.51. The van der Waals surface area contributed by atoms with Gasteiger partial charge in [-0.15, -0.1) is 0 Å². The number of carboxylic acids is 1. The van der Waals surface area contributed by atoms with Crippen LogP contribution in [0.3, 0.4) is 0 Å². The van der Waals surface area contributed by atoms with Gasteiger partial charge in [0.05, 0.1) is 11.0 Å². The van der Waals surface area contributed by atoms with Crippen LogP contribution in [-0.2, 0) is 11.2 Å². The Morgan fingerprint density at radius 3 is 2.43 bits per heavy atom. The van der Waals surface area contributed by atoms with E-state index in [0.29, 0.717) is 0 Å². The SMILES string of the molecule is Cc1ccnc2c1ccc1c(CCCCCC(=O)O)ccnc12. The van der Waals surface area contributed by atoms with Crippen molar-refractivity contribution in [2.24, 2.45) is 0 Å². The topological polar surface area (TPSA) is 63.1 Å². The molecular weight excluding hydrogens is 288 g/mol. The number of rotatable bonds is 6. The van der Waals surface area contributed by atoms with Gasteiger partial charge in [0.15, 0.2) is 0 Å². The molecule has 4 heteroatoms. The molecule has 1 N–H and O–H groups in total. The number of fused-ring (bicyclic) bond motifs is 3. The average molecular weight is 308 g/mol. The van der Waals surface area contributed by atoms with Crippen LogP contribution in [0.15, 0.2) is 36.7 Å². The lowest BCUT2D eigenvalue weighted by Gasteiger charge is -2.09. The van der Waals surface area contributed by atoms with Gasteiger partial charge in [0.1, 0.15) is 0 Å². The summed E-state index contributed by atoms with van der Waals surface area (Å²) in [5, 5.41) is 11.0. The Morgan fingerprint density at radius 2 is 1.65 bits per heavy atom. The number of hydrogen-bond donors (Lipinski definition) is 1. The van der Waals surface area contributed by atoms with E-state index in [4.69, 9.17) is 5.11 Å². The summed E-state index contributed by atoms with van der Waals surface area (Å²) in [7, 11) is 0. The molecule has 0 unspecified atom stereocenters. The third-order valence-electron chi connectivity index (χ3n) is 4.27. The maximum Gasteiger partial charge on any atom is 0.303 e. The minimum Gasteiger partial charge on any atom is -0.481 e. The van der Waals surface area contributed by atoms with Crippen molar-refractivity contribution in [1.82, 2.24) is 9.97 Å². The maximum absolute atomic E-state index is 10.5. The Labute approximate surface area is 135 Å². The fourth-order valence-electron chi connectivity index (χ4n) is 3.01. The largest absolute Gasteiger partial charge is 0.481 e. The molecule has 0 spiro atoms. The summed E-state index contributed by atoms with van der Waals surface area (Å²) in [6, 6.07) is 8.32. The molecule has 4 nitrogen and oxygen atoms in total. The number of carboxylic acid groups (broad SMARTS) is 1. The first-order valence-electron chi connectivity index (χ1n) is 8.00. The molecule has 0 radical (unpaired) electrons. The number of aromatic nitrogens is 2. The van der Waals surface area contributed by atoms with Crippen LogP contribution in [0.25, 0.3) is 21.8 Å². The van der Waals surface area contributed by atoms with Crippen LogP contribution in [0.5, 0.6) is 0 Å². The van der Waals surface area contributed by atoms with Gasteiger partial charge in [0.25, 0.3) is 0 Å². The molecule has 0 saturated heterocycles. The van der Waals surface area contributed by atoms with Gasteiger partial charge in [-0.2, -0.15) is 0 Å². The van der Waals surface area contributed by atoms with Gasteiger partial charge in [-0.05, 0) is 49.4 Å². The number of unbranched alkanes of at least 4 members (excludes halogenated alkanes) is 2. The molecule has 0 fully saturated rings. The second kappa shape index (κ2) is 6.73. The number of carbonyl (C=O) groups is 1. The second-order valence-electron chi connectivity index (χ2n) is 5.91. The van der Waals surface area contributed by atoms with Crippen LogP contribution < -0.4 is 0 Å². The number of pyridine rings is 2. The van der Waals surface area contributed by atoms with Crippen molar-refractivity contribution >= 4 is 27.8 Å². The highest BCUT2D eigenvalue weighted by Gasteiger charge is 2.08. The highest BCUT2D eigenvalue weighted by molar-refractivity contribution is 6.04. The van der Waals surface area contributed by atoms with Crippen molar-refractivity contribution in [3.05, 3.63) is 47.8 Å². The summed E-state index contributed by atoms with van der Waals surface area (Å²) in [6.45, 7) is 2.09. The van der Waals surface area contributed by atoms with Gasteiger partial charge >= 0.3 is 5.97 Å². The van der Waals surface area contributed by atoms with E-state index in [1.807, 2.05) is 18.5 Å². The highest BCUT2D eigenvalue weighted by Crippen LogP contribution is 2.27. The minimum absolute atomic E-state index is 0.255. The zero-order valence-electron chi connectivity index (χ0n) is 13.2. The fraction of sp³-hybridized carbons (Fsp3) is 0.316. The van der Waals surface area contributed by atoms with Crippen molar-refractivity contribution in [3.63, 3.8) is 0 Å². The van der Waals surface area contributed by atoms with E-state index >= 15 is 0 Å². The first kappa shape index (κ1) is 15.4.